The predicted molar refractivity (Wildman–Crippen MR) is 101 cm³/mol. The average Bonchev–Trinajstić information content (AvgIpc) is 2.63. The van der Waals surface area contributed by atoms with Gasteiger partial charge in [-0.25, -0.2) is 4.79 Å². The van der Waals surface area contributed by atoms with Gasteiger partial charge in [-0.05, 0) is 25.8 Å². The van der Waals surface area contributed by atoms with E-state index in [-0.39, 0.29) is 18.7 Å². The molecule has 0 spiro atoms. The summed E-state index contributed by atoms with van der Waals surface area (Å²) in [6.07, 6.45) is 0.310. The van der Waals surface area contributed by atoms with Gasteiger partial charge in [-0.1, -0.05) is 0 Å². The van der Waals surface area contributed by atoms with Crippen molar-refractivity contribution < 1.29 is 34.2 Å². The fourth-order valence-corrected chi connectivity index (χ4v) is 2.38. The normalized spacial score (nSPS) is 13.7. The zero-order valence-electron chi connectivity index (χ0n) is 15.2. The molecule has 0 radical (unpaired) electrons. The molecule has 160 valence electrons. The number of carbonyl (C=O) groups excluding carboxylic acids is 3. The van der Waals surface area contributed by atoms with E-state index in [1.165, 1.54) is 0 Å². The molecule has 0 aliphatic rings. The monoisotopic (exact) mass is 421 g/mol. The lowest BCUT2D eigenvalue weighted by atomic mass is 10.1. The van der Waals surface area contributed by atoms with Crippen LogP contribution in [0.15, 0.2) is 0 Å². The summed E-state index contributed by atoms with van der Waals surface area (Å²) >= 11 is 3.92. The Morgan fingerprint density at radius 2 is 1.43 bits per heavy atom. The highest BCUT2D eigenvalue weighted by atomic mass is 32.1. The molecule has 9 N–H and O–H groups in total. The van der Waals surface area contributed by atoms with Crippen LogP contribution in [0.5, 0.6) is 0 Å². The molecule has 0 bridgehead atoms. The minimum atomic E-state index is -1.54. The van der Waals surface area contributed by atoms with Crippen LogP contribution < -0.4 is 27.4 Å². The second-order valence-electron chi connectivity index (χ2n) is 5.85. The third kappa shape index (κ3) is 10.1. The van der Waals surface area contributed by atoms with Crippen molar-refractivity contribution in [3.8, 4) is 0 Å². The van der Waals surface area contributed by atoms with Gasteiger partial charge in [0.2, 0.25) is 17.7 Å². The van der Waals surface area contributed by atoms with Crippen molar-refractivity contribution in [2.75, 3.05) is 18.8 Å². The van der Waals surface area contributed by atoms with Crippen molar-refractivity contribution in [2.24, 2.45) is 11.5 Å². The minimum Gasteiger partial charge on any atom is -0.481 e. The Morgan fingerprint density at radius 3 is 1.89 bits per heavy atom. The van der Waals surface area contributed by atoms with Crippen LogP contribution >= 0.6 is 12.6 Å². The molecule has 0 aliphatic heterocycles. The SMILES string of the molecule is NCCCCC(NC(=O)C(CC(=O)O)NC(=O)C(CS)NC(=O)CN)C(=O)O. The molecule has 12 nitrogen and oxygen atoms in total. The number of rotatable bonds is 14. The predicted octanol–water partition coefficient (Wildman–Crippen LogP) is -2.98. The second-order valence-corrected chi connectivity index (χ2v) is 6.21. The molecule has 0 aromatic rings. The first-order valence-electron chi connectivity index (χ1n) is 8.51. The van der Waals surface area contributed by atoms with Crippen LogP contribution in [-0.2, 0) is 24.0 Å². The van der Waals surface area contributed by atoms with Gasteiger partial charge in [0, 0.05) is 5.75 Å². The molecule has 0 heterocycles. The van der Waals surface area contributed by atoms with Crippen LogP contribution in [0.4, 0.5) is 0 Å². The molecular formula is C15H27N5O7S. The molecule has 0 aromatic carbocycles. The van der Waals surface area contributed by atoms with Crippen molar-refractivity contribution in [3.05, 3.63) is 0 Å². The third-order valence-corrected chi connectivity index (χ3v) is 3.96. The van der Waals surface area contributed by atoms with Gasteiger partial charge in [-0.3, -0.25) is 19.2 Å². The molecule has 0 saturated heterocycles. The van der Waals surface area contributed by atoms with Gasteiger partial charge in [-0.2, -0.15) is 12.6 Å². The quantitative estimate of drug-likeness (QED) is 0.106. The summed E-state index contributed by atoms with van der Waals surface area (Å²) < 4.78 is 0. The molecule has 3 atom stereocenters. The summed E-state index contributed by atoms with van der Waals surface area (Å²) in [4.78, 5) is 58.2. The highest BCUT2D eigenvalue weighted by molar-refractivity contribution is 7.80. The maximum Gasteiger partial charge on any atom is 0.326 e. The molecule has 0 rings (SSSR count). The standard InChI is InChI=1S/C15H27N5O7S/c16-4-2-1-3-8(15(26)27)19-13(24)9(5-12(22)23)20-14(25)10(7-28)18-11(21)6-17/h8-10,28H,1-7,16-17H2,(H,18,21)(H,19,24)(H,20,25)(H,22,23)(H,26,27). The zero-order valence-corrected chi connectivity index (χ0v) is 16.1. The minimum absolute atomic E-state index is 0.0951. The van der Waals surface area contributed by atoms with E-state index in [2.05, 4.69) is 28.6 Å². The number of carbonyl (C=O) groups is 5. The summed E-state index contributed by atoms with van der Waals surface area (Å²) in [5, 5.41) is 24.9. The van der Waals surface area contributed by atoms with Crippen molar-refractivity contribution in [3.63, 3.8) is 0 Å². The number of thiol groups is 1. The number of hydrogen-bond acceptors (Lipinski definition) is 8. The fourth-order valence-electron chi connectivity index (χ4n) is 2.13. The maximum absolute atomic E-state index is 12.3. The van der Waals surface area contributed by atoms with Gasteiger partial charge in [0.25, 0.3) is 0 Å². The lowest BCUT2D eigenvalue weighted by Gasteiger charge is -2.23. The van der Waals surface area contributed by atoms with E-state index in [9.17, 15) is 29.1 Å². The van der Waals surface area contributed by atoms with E-state index >= 15 is 0 Å². The van der Waals surface area contributed by atoms with Crippen LogP contribution in [0, 0.1) is 0 Å². The van der Waals surface area contributed by atoms with E-state index in [1.54, 1.807) is 0 Å². The molecule has 0 aromatic heterocycles. The number of aliphatic carboxylic acids is 2. The molecule has 3 unspecified atom stereocenters. The Hall–Kier alpha value is -2.38. The Balaban J connectivity index is 5.13. The number of amides is 3. The number of hydrogen-bond donors (Lipinski definition) is 8. The number of unbranched alkanes of at least 4 members (excludes halogenated alkanes) is 1. The van der Waals surface area contributed by atoms with Crippen molar-refractivity contribution in [2.45, 2.75) is 43.8 Å². The lowest BCUT2D eigenvalue weighted by Crippen LogP contribution is -2.57. The summed E-state index contributed by atoms with van der Waals surface area (Å²) in [6.45, 7) is -0.0166. The second kappa shape index (κ2) is 13.7. The highest BCUT2D eigenvalue weighted by Gasteiger charge is 2.30. The van der Waals surface area contributed by atoms with E-state index in [0.717, 1.165) is 0 Å². The third-order valence-electron chi connectivity index (χ3n) is 3.59. The lowest BCUT2D eigenvalue weighted by molar-refractivity contribution is -0.143. The number of nitrogens with two attached hydrogens (primary N) is 2. The Bertz CT molecular complexity index is 575. The van der Waals surface area contributed by atoms with Crippen LogP contribution in [0.2, 0.25) is 0 Å². The smallest absolute Gasteiger partial charge is 0.326 e. The van der Waals surface area contributed by atoms with E-state index in [4.69, 9.17) is 16.6 Å². The molecule has 0 aliphatic carbocycles. The Morgan fingerprint density at radius 1 is 0.857 bits per heavy atom. The number of carboxylic acid groups (broad SMARTS) is 2. The molecule has 13 heteroatoms. The molecule has 28 heavy (non-hydrogen) atoms. The van der Waals surface area contributed by atoms with Crippen LogP contribution in [0.1, 0.15) is 25.7 Å². The zero-order chi connectivity index (χ0) is 21.7. The van der Waals surface area contributed by atoms with Crippen molar-refractivity contribution in [1.82, 2.24) is 16.0 Å². The van der Waals surface area contributed by atoms with Gasteiger partial charge in [0.05, 0.1) is 13.0 Å². The molecule has 3 amide bonds. The molecular weight excluding hydrogens is 394 g/mol. The van der Waals surface area contributed by atoms with E-state index in [1.807, 2.05) is 0 Å². The van der Waals surface area contributed by atoms with Crippen LogP contribution in [0.25, 0.3) is 0 Å². The summed E-state index contributed by atoms with van der Waals surface area (Å²) in [7, 11) is 0. The van der Waals surface area contributed by atoms with Crippen molar-refractivity contribution >= 4 is 42.3 Å². The van der Waals surface area contributed by atoms with Crippen molar-refractivity contribution in [1.29, 1.82) is 0 Å². The van der Waals surface area contributed by atoms with Crippen LogP contribution in [-0.4, -0.2) is 76.8 Å². The maximum atomic E-state index is 12.3. The highest BCUT2D eigenvalue weighted by Crippen LogP contribution is 2.03. The van der Waals surface area contributed by atoms with E-state index in [0.29, 0.717) is 19.4 Å². The van der Waals surface area contributed by atoms with Gasteiger partial charge >= 0.3 is 11.9 Å². The van der Waals surface area contributed by atoms with Crippen LogP contribution in [0.3, 0.4) is 0 Å². The average molecular weight is 421 g/mol. The topological polar surface area (TPSA) is 214 Å². The first-order chi connectivity index (χ1) is 13.2. The summed E-state index contributed by atoms with van der Waals surface area (Å²) in [5.41, 5.74) is 10.5. The fraction of sp³-hybridized carbons (Fsp3) is 0.667. The van der Waals surface area contributed by atoms with E-state index < -0.39 is 54.2 Å². The summed E-state index contributed by atoms with van der Waals surface area (Å²) in [5.74, 6) is -5.28. The number of nitrogens with one attached hydrogen (secondary N) is 3. The first-order valence-corrected chi connectivity index (χ1v) is 9.15. The van der Waals surface area contributed by atoms with Gasteiger partial charge in [0.1, 0.15) is 18.1 Å². The van der Waals surface area contributed by atoms with Gasteiger partial charge in [-0.15, -0.1) is 0 Å². The van der Waals surface area contributed by atoms with Gasteiger partial charge in [0.15, 0.2) is 0 Å². The molecule has 0 fully saturated rings. The molecule has 0 saturated carbocycles. The largest absolute Gasteiger partial charge is 0.481 e. The summed E-state index contributed by atoms with van der Waals surface area (Å²) in [6, 6.07) is -3.95. The Kier molecular flexibility index (Phi) is 12.6. The Labute approximate surface area is 167 Å². The number of carboxylic acids is 2. The first kappa shape index (κ1) is 25.6. The van der Waals surface area contributed by atoms with Gasteiger partial charge < -0.3 is 37.6 Å².